The number of ether oxygens (including phenoxy) is 1. The van der Waals surface area contributed by atoms with Crippen molar-refractivity contribution in [2.75, 3.05) is 24.6 Å². The number of nitrogens with zero attached hydrogens (tertiary/aromatic N) is 2. The Morgan fingerprint density at radius 2 is 2.21 bits per heavy atom. The van der Waals surface area contributed by atoms with Crippen molar-refractivity contribution in [1.29, 1.82) is 0 Å². The summed E-state index contributed by atoms with van der Waals surface area (Å²) in [6.45, 7) is 2.24. The molecule has 11 heteroatoms. The van der Waals surface area contributed by atoms with Crippen LogP contribution in [0.1, 0.15) is 13.3 Å². The molecular weight excluding hydrogens is 388 g/mol. The quantitative estimate of drug-likeness (QED) is 0.583. The second kappa shape index (κ2) is 9.65. The summed E-state index contributed by atoms with van der Waals surface area (Å²) in [6.07, 6.45) is 0.0880. The number of benzene rings is 1. The Balaban J connectivity index is 0.000000878. The van der Waals surface area contributed by atoms with Crippen molar-refractivity contribution in [3.8, 4) is 5.75 Å². The molecule has 0 aliphatic carbocycles. The van der Waals surface area contributed by atoms with Crippen molar-refractivity contribution < 1.29 is 29.0 Å². The van der Waals surface area contributed by atoms with Crippen molar-refractivity contribution in [1.82, 2.24) is 10.3 Å². The lowest BCUT2D eigenvalue weighted by Gasteiger charge is -2.12. The average Bonchev–Trinajstić information content (AvgIpc) is 3.23. The maximum atomic E-state index is 12.3. The third kappa shape index (κ3) is 5.16. The Bertz CT molecular complexity index is 884. The summed E-state index contributed by atoms with van der Waals surface area (Å²) in [7, 11) is 0. The number of anilines is 1. The van der Waals surface area contributed by atoms with Gasteiger partial charge in [0, 0.05) is 13.0 Å². The van der Waals surface area contributed by atoms with E-state index in [9.17, 15) is 14.4 Å². The van der Waals surface area contributed by atoms with Gasteiger partial charge in [-0.15, -0.1) is 0 Å². The minimum Gasteiger partial charge on any atom is -0.494 e. The minimum atomic E-state index is -0.620. The first-order valence-corrected chi connectivity index (χ1v) is 9.18. The van der Waals surface area contributed by atoms with Crippen LogP contribution in [-0.2, 0) is 19.2 Å². The fraction of sp³-hybridized carbons (Fsp3) is 0.353. The van der Waals surface area contributed by atoms with Gasteiger partial charge in [-0.2, -0.15) is 0 Å². The van der Waals surface area contributed by atoms with E-state index in [0.717, 1.165) is 16.0 Å². The molecule has 1 unspecified atom stereocenters. The van der Waals surface area contributed by atoms with Gasteiger partial charge in [0.05, 0.1) is 29.3 Å². The van der Waals surface area contributed by atoms with Crippen LogP contribution in [0, 0.1) is 5.92 Å². The molecule has 1 fully saturated rings. The summed E-state index contributed by atoms with van der Waals surface area (Å²) in [4.78, 5) is 49.4. The summed E-state index contributed by atoms with van der Waals surface area (Å²) in [5.41, 5.74) is 5.79. The van der Waals surface area contributed by atoms with E-state index in [0.29, 0.717) is 11.7 Å². The number of carboxylic acid groups (broad SMARTS) is 1. The number of amides is 3. The van der Waals surface area contributed by atoms with E-state index < -0.39 is 11.8 Å². The van der Waals surface area contributed by atoms with E-state index in [2.05, 4.69) is 10.3 Å². The van der Waals surface area contributed by atoms with Crippen LogP contribution < -0.4 is 20.7 Å². The molecule has 1 aliphatic rings. The van der Waals surface area contributed by atoms with Crippen LogP contribution in [0.4, 0.5) is 5.13 Å². The molecule has 10 nitrogen and oxygen atoms in total. The molecule has 2 aromatic rings. The predicted molar refractivity (Wildman–Crippen MR) is 102 cm³/mol. The molecule has 0 bridgehead atoms. The molecule has 1 atom stereocenters. The molecule has 1 saturated heterocycles. The zero-order valence-corrected chi connectivity index (χ0v) is 15.9. The third-order valence-corrected chi connectivity index (χ3v) is 4.86. The SMILES string of the molecule is CCOc1ccc2nc(N3CC(C(=O)NCC(N)=O)CC3=O)sc2c1.O=CO. The van der Waals surface area contributed by atoms with Gasteiger partial charge in [-0.25, -0.2) is 4.98 Å². The third-order valence-electron chi connectivity index (χ3n) is 3.82. The molecule has 28 heavy (non-hydrogen) atoms. The Morgan fingerprint density at radius 3 is 2.86 bits per heavy atom. The van der Waals surface area contributed by atoms with Gasteiger partial charge < -0.3 is 20.9 Å². The summed E-state index contributed by atoms with van der Waals surface area (Å²) in [6, 6.07) is 5.57. The van der Waals surface area contributed by atoms with Crippen LogP contribution in [0.15, 0.2) is 18.2 Å². The summed E-state index contributed by atoms with van der Waals surface area (Å²) < 4.78 is 6.38. The van der Waals surface area contributed by atoms with E-state index in [4.69, 9.17) is 20.4 Å². The lowest BCUT2D eigenvalue weighted by Crippen LogP contribution is -2.38. The highest BCUT2D eigenvalue weighted by Crippen LogP contribution is 2.34. The summed E-state index contributed by atoms with van der Waals surface area (Å²) >= 11 is 1.38. The molecule has 1 aliphatic heterocycles. The number of fused-ring (bicyclic) bond motifs is 1. The first kappa shape index (κ1) is 21.1. The standard InChI is InChI=1S/C16H18N4O4S.CH2O2/c1-2-24-10-3-4-11-12(6-10)25-16(19-11)20-8-9(5-14(20)22)15(23)18-7-13(17)21;2-1-3/h3-4,6,9H,2,5,7-8H2,1H3,(H2,17,21)(H,18,23);1H,(H,2,3). The highest BCUT2D eigenvalue weighted by Gasteiger charge is 2.36. The minimum absolute atomic E-state index is 0.0880. The zero-order valence-electron chi connectivity index (χ0n) is 15.1. The van der Waals surface area contributed by atoms with Crippen LogP contribution >= 0.6 is 11.3 Å². The number of nitrogens with two attached hydrogens (primary N) is 1. The first-order valence-electron chi connectivity index (χ1n) is 8.37. The van der Waals surface area contributed by atoms with Crippen molar-refractivity contribution >= 4 is 50.9 Å². The number of primary amides is 1. The lowest BCUT2D eigenvalue weighted by atomic mass is 10.1. The average molecular weight is 408 g/mol. The smallest absolute Gasteiger partial charge is 0.290 e. The Labute approximate surface area is 164 Å². The van der Waals surface area contributed by atoms with Crippen molar-refractivity contribution in [3.05, 3.63) is 18.2 Å². The monoisotopic (exact) mass is 408 g/mol. The number of hydrogen-bond donors (Lipinski definition) is 3. The van der Waals surface area contributed by atoms with Gasteiger partial charge in [0.1, 0.15) is 5.75 Å². The molecule has 0 spiro atoms. The molecule has 3 rings (SSSR count). The Kier molecular flexibility index (Phi) is 7.27. The first-order chi connectivity index (χ1) is 13.4. The number of rotatable bonds is 6. The molecule has 1 aromatic carbocycles. The Morgan fingerprint density at radius 1 is 1.50 bits per heavy atom. The molecule has 4 N–H and O–H groups in total. The van der Waals surface area contributed by atoms with Crippen LogP contribution in [0.25, 0.3) is 10.2 Å². The number of aromatic nitrogens is 1. The molecule has 150 valence electrons. The number of nitrogens with one attached hydrogen (secondary N) is 1. The van der Waals surface area contributed by atoms with E-state index in [-0.39, 0.29) is 37.8 Å². The van der Waals surface area contributed by atoms with Crippen LogP contribution in [0.3, 0.4) is 0 Å². The molecule has 1 aromatic heterocycles. The number of thiazole rings is 1. The molecule has 0 radical (unpaired) electrons. The molecular formula is C17H20N4O6S. The van der Waals surface area contributed by atoms with Gasteiger partial charge >= 0.3 is 0 Å². The van der Waals surface area contributed by atoms with Gasteiger partial charge in [-0.3, -0.25) is 24.1 Å². The fourth-order valence-electron chi connectivity index (χ4n) is 2.65. The molecule has 3 amide bonds. The highest BCUT2D eigenvalue weighted by atomic mass is 32.1. The van der Waals surface area contributed by atoms with E-state index >= 15 is 0 Å². The van der Waals surface area contributed by atoms with E-state index in [1.54, 1.807) is 0 Å². The summed E-state index contributed by atoms with van der Waals surface area (Å²) in [5.74, 6) is -0.900. The second-order valence-electron chi connectivity index (χ2n) is 5.75. The van der Waals surface area contributed by atoms with E-state index in [1.165, 1.54) is 16.2 Å². The van der Waals surface area contributed by atoms with Crippen LogP contribution in [0.5, 0.6) is 5.75 Å². The normalized spacial score (nSPS) is 15.7. The fourth-order valence-corrected chi connectivity index (χ4v) is 3.67. The number of hydrogen-bond acceptors (Lipinski definition) is 7. The second-order valence-corrected chi connectivity index (χ2v) is 6.76. The van der Waals surface area contributed by atoms with E-state index in [1.807, 2.05) is 25.1 Å². The predicted octanol–water partition coefficient (Wildman–Crippen LogP) is 0.350. The topological polar surface area (TPSA) is 152 Å². The van der Waals surface area contributed by atoms with Crippen molar-refractivity contribution in [3.63, 3.8) is 0 Å². The number of carbonyl (C=O) groups is 4. The van der Waals surface area contributed by atoms with Gasteiger partial charge in [-0.1, -0.05) is 11.3 Å². The molecule has 2 heterocycles. The molecule has 0 saturated carbocycles. The van der Waals surface area contributed by atoms with Gasteiger partial charge in [0.15, 0.2) is 5.13 Å². The van der Waals surface area contributed by atoms with Gasteiger partial charge in [0.2, 0.25) is 17.7 Å². The summed E-state index contributed by atoms with van der Waals surface area (Å²) in [5, 5.41) is 9.88. The largest absolute Gasteiger partial charge is 0.494 e. The lowest BCUT2D eigenvalue weighted by molar-refractivity contribution is -0.128. The maximum Gasteiger partial charge on any atom is 0.290 e. The van der Waals surface area contributed by atoms with Gasteiger partial charge in [0.25, 0.3) is 6.47 Å². The van der Waals surface area contributed by atoms with Gasteiger partial charge in [-0.05, 0) is 25.1 Å². The maximum absolute atomic E-state index is 12.3. The van der Waals surface area contributed by atoms with Crippen LogP contribution in [-0.4, -0.2) is 54.0 Å². The van der Waals surface area contributed by atoms with Crippen molar-refractivity contribution in [2.24, 2.45) is 11.7 Å². The zero-order chi connectivity index (χ0) is 20.7. The van der Waals surface area contributed by atoms with Crippen LogP contribution in [0.2, 0.25) is 0 Å². The van der Waals surface area contributed by atoms with Crippen molar-refractivity contribution in [2.45, 2.75) is 13.3 Å². The highest BCUT2D eigenvalue weighted by molar-refractivity contribution is 7.22. The Hall–Kier alpha value is -3.21. The number of carbonyl (C=O) groups excluding carboxylic acids is 3.